The van der Waals surface area contributed by atoms with Crippen molar-refractivity contribution >= 4 is 5.91 Å². The van der Waals surface area contributed by atoms with E-state index in [1.807, 2.05) is 11.8 Å². The Morgan fingerprint density at radius 3 is 2.80 bits per heavy atom. The molecular formula is C18H23N3O4. The Hall–Kier alpha value is -2.54. The van der Waals surface area contributed by atoms with Gasteiger partial charge >= 0.3 is 0 Å². The van der Waals surface area contributed by atoms with Gasteiger partial charge in [-0.05, 0) is 32.0 Å². The summed E-state index contributed by atoms with van der Waals surface area (Å²) in [5.41, 5.74) is 0.982. The summed E-state index contributed by atoms with van der Waals surface area (Å²) in [5, 5.41) is 7.33. The van der Waals surface area contributed by atoms with Gasteiger partial charge in [-0.1, -0.05) is 5.16 Å². The average Bonchev–Trinajstić information content (AvgIpc) is 3.12. The Labute approximate surface area is 146 Å². The number of carbonyl (C=O) groups excluding carboxylic acids is 1. The predicted molar refractivity (Wildman–Crippen MR) is 93.0 cm³/mol. The summed E-state index contributed by atoms with van der Waals surface area (Å²) in [6.07, 6.45) is 0. The Morgan fingerprint density at radius 2 is 2.08 bits per heavy atom. The fourth-order valence-electron chi connectivity index (χ4n) is 2.96. The van der Waals surface area contributed by atoms with Crippen LogP contribution < -0.4 is 14.8 Å². The molecule has 0 saturated carbocycles. The van der Waals surface area contributed by atoms with Gasteiger partial charge in [0.2, 0.25) is 0 Å². The lowest BCUT2D eigenvalue weighted by Gasteiger charge is -2.37. The van der Waals surface area contributed by atoms with E-state index in [-0.39, 0.29) is 18.0 Å². The first-order valence-corrected chi connectivity index (χ1v) is 8.27. The quantitative estimate of drug-likeness (QED) is 0.915. The Balaban J connectivity index is 1.89. The Kier molecular flexibility index (Phi) is 4.94. The van der Waals surface area contributed by atoms with Crippen molar-refractivity contribution in [2.75, 3.05) is 27.3 Å². The normalized spacial score (nSPS) is 20.4. The van der Waals surface area contributed by atoms with Crippen LogP contribution in [0.2, 0.25) is 0 Å². The van der Waals surface area contributed by atoms with Gasteiger partial charge in [0.25, 0.3) is 5.91 Å². The first-order valence-electron chi connectivity index (χ1n) is 8.27. The van der Waals surface area contributed by atoms with Gasteiger partial charge in [-0.15, -0.1) is 0 Å². The van der Waals surface area contributed by atoms with Crippen LogP contribution in [-0.4, -0.2) is 55.4 Å². The second-order valence-electron chi connectivity index (χ2n) is 6.26. The van der Waals surface area contributed by atoms with Gasteiger partial charge in [0, 0.05) is 31.2 Å². The van der Waals surface area contributed by atoms with Crippen molar-refractivity contribution in [1.82, 2.24) is 15.4 Å². The maximum Gasteiger partial charge on any atom is 0.276 e. The lowest BCUT2D eigenvalue weighted by Crippen LogP contribution is -2.56. The van der Waals surface area contributed by atoms with Crippen LogP contribution in [0.15, 0.2) is 28.8 Å². The lowest BCUT2D eigenvalue weighted by molar-refractivity contribution is 0.0606. The van der Waals surface area contributed by atoms with Gasteiger partial charge in [0.05, 0.1) is 19.8 Å². The summed E-state index contributed by atoms with van der Waals surface area (Å²) < 4.78 is 16.0. The van der Waals surface area contributed by atoms with Gasteiger partial charge < -0.3 is 24.2 Å². The van der Waals surface area contributed by atoms with Crippen molar-refractivity contribution in [1.29, 1.82) is 0 Å². The van der Waals surface area contributed by atoms with Crippen molar-refractivity contribution in [3.8, 4) is 22.8 Å². The van der Waals surface area contributed by atoms with Crippen LogP contribution in [0.1, 0.15) is 24.3 Å². The first-order chi connectivity index (χ1) is 12.0. The number of ether oxygens (including phenoxy) is 2. The molecule has 0 radical (unpaired) electrons. The number of nitrogens with zero attached hydrogens (tertiary/aromatic N) is 2. The third-order valence-corrected chi connectivity index (χ3v) is 4.43. The molecule has 1 N–H and O–H groups in total. The van der Waals surface area contributed by atoms with Crippen molar-refractivity contribution in [3.63, 3.8) is 0 Å². The number of hydrogen-bond donors (Lipinski definition) is 1. The summed E-state index contributed by atoms with van der Waals surface area (Å²) in [7, 11) is 3.17. The number of carbonyl (C=O) groups is 1. The minimum atomic E-state index is -0.127. The monoisotopic (exact) mass is 345 g/mol. The van der Waals surface area contributed by atoms with E-state index in [9.17, 15) is 4.79 Å². The molecule has 2 heterocycles. The highest BCUT2D eigenvalue weighted by atomic mass is 16.5. The maximum absolute atomic E-state index is 12.8. The molecule has 1 fully saturated rings. The number of methoxy groups -OCH3 is 2. The van der Waals surface area contributed by atoms with Crippen molar-refractivity contribution in [2.24, 2.45) is 0 Å². The molecular weight excluding hydrogens is 322 g/mol. The highest BCUT2D eigenvalue weighted by Gasteiger charge is 2.29. The molecule has 1 aromatic heterocycles. The number of piperazine rings is 1. The minimum absolute atomic E-state index is 0.107. The summed E-state index contributed by atoms with van der Waals surface area (Å²) >= 11 is 0. The predicted octanol–water partition coefficient (Wildman–Crippen LogP) is 2.18. The van der Waals surface area contributed by atoms with E-state index in [0.717, 1.165) is 6.54 Å². The van der Waals surface area contributed by atoms with Gasteiger partial charge in [0.15, 0.2) is 11.5 Å². The molecule has 2 unspecified atom stereocenters. The summed E-state index contributed by atoms with van der Waals surface area (Å²) in [6, 6.07) is 7.40. The molecule has 7 heteroatoms. The lowest BCUT2D eigenvalue weighted by atomic mass is 10.1. The molecule has 25 heavy (non-hydrogen) atoms. The smallest absolute Gasteiger partial charge is 0.276 e. The van der Waals surface area contributed by atoms with Gasteiger partial charge in [-0.2, -0.15) is 0 Å². The zero-order valence-electron chi connectivity index (χ0n) is 14.9. The molecule has 0 spiro atoms. The van der Waals surface area contributed by atoms with Crippen LogP contribution >= 0.6 is 0 Å². The topological polar surface area (TPSA) is 76.8 Å². The molecule has 2 atom stereocenters. The van der Waals surface area contributed by atoms with E-state index in [1.165, 1.54) is 0 Å². The molecule has 3 rings (SSSR count). The average molecular weight is 345 g/mol. The Bertz CT molecular complexity index is 759. The fraction of sp³-hybridized carbons (Fsp3) is 0.444. The van der Waals surface area contributed by atoms with Gasteiger partial charge in [-0.25, -0.2) is 0 Å². The van der Waals surface area contributed by atoms with E-state index in [0.29, 0.717) is 35.1 Å². The van der Waals surface area contributed by atoms with Crippen LogP contribution in [0.3, 0.4) is 0 Å². The highest BCUT2D eigenvalue weighted by molar-refractivity contribution is 5.93. The molecule has 134 valence electrons. The molecule has 2 aromatic rings. The number of amides is 1. The minimum Gasteiger partial charge on any atom is -0.497 e. The van der Waals surface area contributed by atoms with E-state index in [2.05, 4.69) is 17.4 Å². The summed E-state index contributed by atoms with van der Waals surface area (Å²) in [4.78, 5) is 14.6. The van der Waals surface area contributed by atoms with E-state index < -0.39 is 0 Å². The molecule has 1 aromatic carbocycles. The number of nitrogens with one attached hydrogen (secondary N) is 1. The van der Waals surface area contributed by atoms with Gasteiger partial charge in [-0.3, -0.25) is 4.79 Å². The van der Waals surface area contributed by atoms with Crippen LogP contribution in [-0.2, 0) is 0 Å². The molecule has 1 amide bonds. The van der Waals surface area contributed by atoms with Crippen LogP contribution in [0, 0.1) is 0 Å². The van der Waals surface area contributed by atoms with Crippen molar-refractivity contribution < 1.29 is 18.8 Å². The maximum atomic E-state index is 12.8. The summed E-state index contributed by atoms with van der Waals surface area (Å²) in [6.45, 7) is 5.48. The molecule has 1 saturated heterocycles. The van der Waals surface area contributed by atoms with Crippen LogP contribution in [0.4, 0.5) is 0 Å². The standard InChI is InChI=1S/C18H23N3O4/c1-11-10-21(12(2)9-19-11)18(22)15-8-17(25-20-15)14-7-13(23-3)5-6-16(14)24-4/h5-8,11-12,19H,9-10H2,1-4H3. The summed E-state index contributed by atoms with van der Waals surface area (Å²) in [5.74, 6) is 1.64. The van der Waals surface area contributed by atoms with Gasteiger partial charge in [0.1, 0.15) is 11.5 Å². The zero-order chi connectivity index (χ0) is 18.0. The van der Waals surface area contributed by atoms with Crippen molar-refractivity contribution in [3.05, 3.63) is 30.0 Å². The number of rotatable bonds is 4. The Morgan fingerprint density at radius 1 is 1.28 bits per heavy atom. The second-order valence-corrected chi connectivity index (χ2v) is 6.26. The number of hydrogen-bond acceptors (Lipinski definition) is 6. The largest absolute Gasteiger partial charge is 0.497 e. The van der Waals surface area contributed by atoms with E-state index in [1.54, 1.807) is 38.5 Å². The van der Waals surface area contributed by atoms with Crippen molar-refractivity contribution in [2.45, 2.75) is 25.9 Å². The third kappa shape index (κ3) is 3.46. The van der Waals surface area contributed by atoms with E-state index in [4.69, 9.17) is 14.0 Å². The molecule has 0 aliphatic carbocycles. The second kappa shape index (κ2) is 7.14. The first kappa shape index (κ1) is 17.3. The number of benzene rings is 1. The zero-order valence-corrected chi connectivity index (χ0v) is 14.9. The molecule has 1 aliphatic heterocycles. The molecule has 0 bridgehead atoms. The van der Waals surface area contributed by atoms with E-state index >= 15 is 0 Å². The molecule has 7 nitrogen and oxygen atoms in total. The fourth-order valence-corrected chi connectivity index (χ4v) is 2.96. The van der Waals surface area contributed by atoms with Crippen LogP contribution in [0.5, 0.6) is 11.5 Å². The molecule has 1 aliphatic rings. The third-order valence-electron chi connectivity index (χ3n) is 4.43. The van der Waals surface area contributed by atoms with Crippen LogP contribution in [0.25, 0.3) is 11.3 Å². The highest BCUT2D eigenvalue weighted by Crippen LogP contribution is 2.34. The number of aromatic nitrogens is 1. The SMILES string of the molecule is COc1ccc(OC)c(-c2cc(C(=O)N3CC(C)NCC3C)no2)c1.